The average molecular weight is 582 g/mol. The van der Waals surface area contributed by atoms with E-state index in [1.165, 1.54) is 0 Å². The second-order valence-electron chi connectivity index (χ2n) is 6.46. The third kappa shape index (κ3) is 12.5. The quantitative estimate of drug-likeness (QED) is 0.266. The molecule has 0 saturated carbocycles. The third-order valence-corrected chi connectivity index (χ3v) is 4.07. The topological polar surface area (TPSA) is 241 Å². The molecule has 0 aliphatic carbocycles. The fourth-order valence-corrected chi connectivity index (χ4v) is 2.23. The van der Waals surface area contributed by atoms with Crippen molar-refractivity contribution in [1.82, 2.24) is 0 Å². The van der Waals surface area contributed by atoms with E-state index in [2.05, 4.69) is 0 Å². The Balaban J connectivity index is 0. The number of carbonyl (C=O) groups excluding carboxylic acids is 6. The van der Waals surface area contributed by atoms with Gasteiger partial charge >= 0.3 is 51.7 Å². The van der Waals surface area contributed by atoms with Crippen molar-refractivity contribution >= 4 is 35.8 Å². The molecule has 0 N–H and O–H groups in total. The van der Waals surface area contributed by atoms with Gasteiger partial charge in [0.15, 0.2) is 0 Å². The predicted octanol–water partition coefficient (Wildman–Crippen LogP) is -4.76. The molecule has 3 rings (SSSR count). The van der Waals surface area contributed by atoms with Crippen LogP contribution in [-0.2, 0) is 51.7 Å². The Bertz CT molecular complexity index is 1010. The minimum absolute atomic E-state index is 0. The molecule has 0 aromatic heterocycles. The molecule has 38 heavy (non-hydrogen) atoms. The first-order chi connectivity index (χ1) is 16.8. The maximum Gasteiger partial charge on any atom is 3.00 e. The Morgan fingerprint density at radius 3 is 0.421 bits per heavy atom. The fourth-order valence-electron chi connectivity index (χ4n) is 2.23. The Morgan fingerprint density at radius 2 is 0.368 bits per heavy atom. The first-order valence-corrected chi connectivity index (χ1v) is 9.41. The minimum atomic E-state index is -1.33. The van der Waals surface area contributed by atoms with Crippen LogP contribution in [0.4, 0.5) is 0 Å². The molecule has 0 saturated heterocycles. The van der Waals surface area contributed by atoms with Gasteiger partial charge in [0.25, 0.3) is 0 Å². The number of benzene rings is 3. The van der Waals surface area contributed by atoms with Gasteiger partial charge in [0.05, 0.1) is 35.8 Å². The van der Waals surface area contributed by atoms with Crippen LogP contribution in [0.5, 0.6) is 0 Å². The summed E-state index contributed by atoms with van der Waals surface area (Å²) < 4.78 is 0. The standard InChI is InChI=1S/3C8H6O4.2Sc/c3*9-7(10)5-1-2-6(4-3-5)8(11)12;;/h3*1-4H,(H,9,10)(H,11,12);;/q;;;2*+3/p-6. The third-order valence-electron chi connectivity index (χ3n) is 4.07. The van der Waals surface area contributed by atoms with Crippen LogP contribution in [0.1, 0.15) is 62.1 Å². The SMILES string of the molecule is O=C([O-])c1ccc(C(=O)[O-])cc1.O=C([O-])c1ccc(C(=O)[O-])cc1.O=C([O-])c1ccc(C(=O)[O-])cc1.[Sc+3].[Sc+3]. The Labute approximate surface area is 251 Å². The van der Waals surface area contributed by atoms with Crippen LogP contribution in [0.2, 0.25) is 0 Å². The van der Waals surface area contributed by atoms with E-state index in [1.54, 1.807) is 0 Å². The van der Waals surface area contributed by atoms with Crippen molar-refractivity contribution in [3.05, 3.63) is 106 Å². The molecule has 0 heterocycles. The Morgan fingerprint density at radius 1 is 0.289 bits per heavy atom. The van der Waals surface area contributed by atoms with Crippen molar-refractivity contribution in [3.63, 3.8) is 0 Å². The summed E-state index contributed by atoms with van der Waals surface area (Å²) in [6.07, 6.45) is 0. The number of carbonyl (C=O) groups is 6. The predicted molar refractivity (Wildman–Crippen MR) is 105 cm³/mol. The molecule has 0 fully saturated rings. The fraction of sp³-hybridized carbons (Fsp3) is 0. The van der Waals surface area contributed by atoms with Crippen LogP contribution in [-0.4, -0.2) is 35.8 Å². The number of aromatic carboxylic acids is 6. The van der Waals surface area contributed by atoms with Gasteiger partial charge in [-0.15, -0.1) is 0 Å². The molecule has 186 valence electrons. The van der Waals surface area contributed by atoms with Crippen LogP contribution >= 0.6 is 0 Å². The van der Waals surface area contributed by atoms with Gasteiger partial charge in [-0.25, -0.2) is 0 Å². The van der Waals surface area contributed by atoms with Crippen LogP contribution < -0.4 is 30.6 Å². The summed E-state index contributed by atoms with van der Waals surface area (Å²) in [6.45, 7) is 0. The van der Waals surface area contributed by atoms with Gasteiger partial charge in [-0.3, -0.25) is 0 Å². The molecule has 0 amide bonds. The summed E-state index contributed by atoms with van der Waals surface area (Å²) in [5, 5.41) is 61.2. The number of carboxylic acids is 6. The largest absolute Gasteiger partial charge is 3.00 e. The van der Waals surface area contributed by atoms with Crippen molar-refractivity contribution in [2.75, 3.05) is 0 Å². The maximum atomic E-state index is 10.2. The summed E-state index contributed by atoms with van der Waals surface area (Å²) in [5.74, 6) is -8.00. The van der Waals surface area contributed by atoms with E-state index in [1.807, 2.05) is 0 Å². The second kappa shape index (κ2) is 17.6. The van der Waals surface area contributed by atoms with Gasteiger partial charge in [0.1, 0.15) is 0 Å². The molecule has 12 nitrogen and oxygen atoms in total. The first kappa shape index (κ1) is 36.4. The molecule has 0 bridgehead atoms. The van der Waals surface area contributed by atoms with E-state index in [9.17, 15) is 59.4 Å². The van der Waals surface area contributed by atoms with Crippen LogP contribution in [0, 0.1) is 0 Å². The van der Waals surface area contributed by atoms with Crippen molar-refractivity contribution in [3.8, 4) is 0 Å². The van der Waals surface area contributed by atoms with Gasteiger partial charge < -0.3 is 59.4 Å². The van der Waals surface area contributed by atoms with Gasteiger partial charge in [-0.1, -0.05) is 72.8 Å². The van der Waals surface area contributed by atoms with Crippen molar-refractivity contribution in [1.29, 1.82) is 0 Å². The molecule has 3 aromatic carbocycles. The first-order valence-electron chi connectivity index (χ1n) is 9.41. The zero-order valence-electron chi connectivity index (χ0n) is 19.0. The molecule has 0 aliphatic heterocycles. The normalized spacial score (nSPS) is 8.84. The molecule has 0 aliphatic rings. The summed E-state index contributed by atoms with van der Waals surface area (Å²) in [6, 6.07) is 13.8. The van der Waals surface area contributed by atoms with E-state index in [0.717, 1.165) is 72.8 Å². The van der Waals surface area contributed by atoms with E-state index >= 15 is 0 Å². The summed E-state index contributed by atoms with van der Waals surface area (Å²) >= 11 is 0. The smallest absolute Gasteiger partial charge is 0.545 e. The molecule has 0 atom stereocenters. The molecule has 14 heteroatoms. The van der Waals surface area contributed by atoms with Crippen molar-refractivity contribution in [2.24, 2.45) is 0 Å². The zero-order valence-corrected chi connectivity index (χ0v) is 22.6. The van der Waals surface area contributed by atoms with Gasteiger partial charge in [-0.2, -0.15) is 0 Å². The second-order valence-corrected chi connectivity index (χ2v) is 6.46. The molecular formula is C24H12O12Sc2. The summed E-state index contributed by atoms with van der Waals surface area (Å²) in [7, 11) is 0. The van der Waals surface area contributed by atoms with Crippen LogP contribution in [0.3, 0.4) is 0 Å². The van der Waals surface area contributed by atoms with Gasteiger partial charge in [0.2, 0.25) is 0 Å². The monoisotopic (exact) mass is 582 g/mol. The Kier molecular flexibility index (Phi) is 16.9. The molecular weight excluding hydrogens is 570 g/mol. The van der Waals surface area contributed by atoms with E-state index in [-0.39, 0.29) is 85.1 Å². The van der Waals surface area contributed by atoms with Crippen LogP contribution in [0.15, 0.2) is 72.8 Å². The maximum absolute atomic E-state index is 10.2. The summed E-state index contributed by atoms with van der Waals surface area (Å²) in [4.78, 5) is 61.2. The van der Waals surface area contributed by atoms with Gasteiger partial charge in [-0.05, 0) is 33.4 Å². The van der Waals surface area contributed by atoms with Crippen molar-refractivity contribution in [2.45, 2.75) is 0 Å². The minimum Gasteiger partial charge on any atom is -0.545 e. The van der Waals surface area contributed by atoms with E-state index < -0.39 is 35.8 Å². The molecule has 0 unspecified atom stereocenters. The number of hydrogen-bond donors (Lipinski definition) is 0. The zero-order chi connectivity index (χ0) is 27.4. The summed E-state index contributed by atoms with van der Waals surface area (Å²) in [5.41, 5.74) is -0.333. The molecule has 0 spiro atoms. The van der Waals surface area contributed by atoms with Crippen LogP contribution in [0.25, 0.3) is 0 Å². The molecule has 0 radical (unpaired) electrons. The van der Waals surface area contributed by atoms with E-state index in [0.29, 0.717) is 0 Å². The molecule has 3 aromatic rings. The van der Waals surface area contributed by atoms with Crippen molar-refractivity contribution < 1.29 is 111 Å². The average Bonchev–Trinajstić information content (AvgIpc) is 2.84. The number of rotatable bonds is 6. The van der Waals surface area contributed by atoms with E-state index in [4.69, 9.17) is 0 Å². The van der Waals surface area contributed by atoms with Gasteiger partial charge in [0, 0.05) is 0 Å². The Hall–Kier alpha value is -3.78. The number of hydrogen-bond acceptors (Lipinski definition) is 12. The number of carboxylic acid groups (broad SMARTS) is 6.